The van der Waals surface area contributed by atoms with Crippen molar-refractivity contribution in [2.45, 2.75) is 19.4 Å². The fourth-order valence-corrected chi connectivity index (χ4v) is 2.77. The number of ketones is 1. The first-order chi connectivity index (χ1) is 12.2. The molecular formula is C22H21NO2. The molecule has 0 aliphatic carbocycles. The summed E-state index contributed by atoms with van der Waals surface area (Å²) >= 11 is 0. The number of hydrogen-bond donors (Lipinski definition) is 1. The van der Waals surface area contributed by atoms with Gasteiger partial charge in [-0.15, -0.1) is 0 Å². The second-order valence-electron chi connectivity index (χ2n) is 5.85. The van der Waals surface area contributed by atoms with Crippen LogP contribution in [-0.2, 0) is 0 Å². The lowest BCUT2D eigenvalue weighted by molar-refractivity contribution is 0.0982. The quantitative estimate of drug-likeness (QED) is 0.509. The Hall–Kier alpha value is -3.07. The molecule has 126 valence electrons. The van der Waals surface area contributed by atoms with Gasteiger partial charge in [0.2, 0.25) is 0 Å². The van der Waals surface area contributed by atoms with Crippen LogP contribution in [0.2, 0.25) is 0 Å². The van der Waals surface area contributed by atoms with E-state index >= 15 is 0 Å². The summed E-state index contributed by atoms with van der Waals surface area (Å²) in [6, 6.07) is 25.2. The van der Waals surface area contributed by atoms with Gasteiger partial charge in [0.15, 0.2) is 5.78 Å². The number of carbonyl (C=O) groups is 1. The summed E-state index contributed by atoms with van der Waals surface area (Å²) in [5, 5.41) is 0. The largest absolute Gasteiger partial charge is 0.480 e. The first kappa shape index (κ1) is 16.8. The molecule has 0 aliphatic heterocycles. The van der Waals surface area contributed by atoms with Gasteiger partial charge in [-0.1, -0.05) is 67.6 Å². The van der Waals surface area contributed by atoms with Crippen LogP contribution < -0.4 is 10.5 Å². The molecule has 3 nitrogen and oxygen atoms in total. The lowest BCUT2D eigenvalue weighted by atomic mass is 10.0. The summed E-state index contributed by atoms with van der Waals surface area (Å²) in [4.78, 5) is 12.3. The van der Waals surface area contributed by atoms with E-state index in [1.807, 2.05) is 67.6 Å². The van der Waals surface area contributed by atoms with Gasteiger partial charge in [0.1, 0.15) is 11.9 Å². The third-order valence-corrected chi connectivity index (χ3v) is 4.07. The van der Waals surface area contributed by atoms with Crippen molar-refractivity contribution in [3.8, 4) is 5.75 Å². The Morgan fingerprint density at radius 1 is 0.920 bits per heavy atom. The number of nitrogen functional groups attached to an aromatic ring is 1. The fourth-order valence-electron chi connectivity index (χ4n) is 2.77. The SMILES string of the molecule is CCC(=O)c1cc(N)ccc1OC(c1ccccc1)c1ccccc1. The van der Waals surface area contributed by atoms with Gasteiger partial charge in [-0.3, -0.25) is 4.79 Å². The molecule has 3 aromatic rings. The highest BCUT2D eigenvalue weighted by Crippen LogP contribution is 2.32. The third kappa shape index (κ3) is 3.89. The van der Waals surface area contributed by atoms with E-state index in [1.165, 1.54) is 0 Å². The zero-order chi connectivity index (χ0) is 17.6. The van der Waals surface area contributed by atoms with E-state index in [0.29, 0.717) is 23.4 Å². The van der Waals surface area contributed by atoms with Crippen LogP contribution in [0, 0.1) is 0 Å². The Balaban J connectivity index is 2.04. The molecule has 0 heterocycles. The van der Waals surface area contributed by atoms with Gasteiger partial charge >= 0.3 is 0 Å². The number of Topliss-reactive ketones (excluding diaryl/α,β-unsaturated/α-hetero) is 1. The minimum absolute atomic E-state index is 0.0159. The van der Waals surface area contributed by atoms with Crippen molar-refractivity contribution in [1.82, 2.24) is 0 Å². The average Bonchev–Trinajstić information content (AvgIpc) is 2.67. The molecule has 0 fully saturated rings. The van der Waals surface area contributed by atoms with Crippen molar-refractivity contribution < 1.29 is 9.53 Å². The van der Waals surface area contributed by atoms with Crippen LogP contribution in [0.15, 0.2) is 78.9 Å². The first-order valence-corrected chi connectivity index (χ1v) is 8.38. The number of anilines is 1. The molecule has 25 heavy (non-hydrogen) atoms. The summed E-state index contributed by atoms with van der Waals surface area (Å²) in [6.07, 6.45) is 0.107. The summed E-state index contributed by atoms with van der Waals surface area (Å²) in [7, 11) is 0. The van der Waals surface area contributed by atoms with Crippen molar-refractivity contribution in [3.63, 3.8) is 0 Å². The summed E-state index contributed by atoms with van der Waals surface area (Å²) in [6.45, 7) is 1.83. The Morgan fingerprint density at radius 3 is 2.00 bits per heavy atom. The highest BCUT2D eigenvalue weighted by Gasteiger charge is 2.19. The molecule has 2 N–H and O–H groups in total. The van der Waals surface area contributed by atoms with Crippen LogP contribution in [-0.4, -0.2) is 5.78 Å². The first-order valence-electron chi connectivity index (χ1n) is 8.38. The van der Waals surface area contributed by atoms with Crippen molar-refractivity contribution in [2.24, 2.45) is 0 Å². The Kier molecular flexibility index (Phi) is 5.14. The van der Waals surface area contributed by atoms with E-state index in [2.05, 4.69) is 0 Å². The highest BCUT2D eigenvalue weighted by molar-refractivity contribution is 5.99. The molecule has 0 saturated heterocycles. The van der Waals surface area contributed by atoms with Crippen molar-refractivity contribution in [2.75, 3.05) is 5.73 Å². The van der Waals surface area contributed by atoms with Gasteiger partial charge < -0.3 is 10.5 Å². The third-order valence-electron chi connectivity index (χ3n) is 4.07. The summed E-state index contributed by atoms with van der Waals surface area (Å²) in [5.41, 5.74) is 9.00. The van der Waals surface area contributed by atoms with E-state index in [9.17, 15) is 4.79 Å². The van der Waals surface area contributed by atoms with Gasteiger partial charge in [-0.25, -0.2) is 0 Å². The highest BCUT2D eigenvalue weighted by atomic mass is 16.5. The lowest BCUT2D eigenvalue weighted by Crippen LogP contribution is -2.12. The van der Waals surface area contributed by atoms with Crippen molar-refractivity contribution in [1.29, 1.82) is 0 Å². The number of nitrogens with two attached hydrogens (primary N) is 1. The maximum atomic E-state index is 12.3. The number of hydrogen-bond acceptors (Lipinski definition) is 3. The number of carbonyl (C=O) groups excluding carboxylic acids is 1. The van der Waals surface area contributed by atoms with E-state index in [4.69, 9.17) is 10.5 Å². The van der Waals surface area contributed by atoms with Crippen LogP contribution in [0.25, 0.3) is 0 Å². The van der Waals surface area contributed by atoms with Crippen LogP contribution in [0.5, 0.6) is 5.75 Å². The second kappa shape index (κ2) is 7.67. The number of benzene rings is 3. The zero-order valence-corrected chi connectivity index (χ0v) is 14.2. The van der Waals surface area contributed by atoms with E-state index < -0.39 is 0 Å². The number of rotatable bonds is 6. The standard InChI is InChI=1S/C22H21NO2/c1-2-20(24)19-15-18(23)13-14-21(19)25-22(16-9-5-3-6-10-16)17-11-7-4-8-12-17/h3-15,22H,2,23H2,1H3. The van der Waals surface area contributed by atoms with Gasteiger partial charge in [0.25, 0.3) is 0 Å². The van der Waals surface area contributed by atoms with E-state index in [0.717, 1.165) is 11.1 Å². The second-order valence-corrected chi connectivity index (χ2v) is 5.85. The van der Waals surface area contributed by atoms with Gasteiger partial charge in [0, 0.05) is 12.1 Å². The molecule has 0 amide bonds. The predicted molar refractivity (Wildman–Crippen MR) is 101 cm³/mol. The fraction of sp³-hybridized carbons (Fsp3) is 0.136. The van der Waals surface area contributed by atoms with Gasteiger partial charge in [0.05, 0.1) is 5.56 Å². The molecule has 0 aliphatic rings. The molecule has 0 aromatic heterocycles. The molecule has 0 unspecified atom stereocenters. The Labute approximate surface area is 148 Å². The van der Waals surface area contributed by atoms with Crippen LogP contribution >= 0.6 is 0 Å². The van der Waals surface area contributed by atoms with Crippen LogP contribution in [0.1, 0.15) is 40.9 Å². The monoisotopic (exact) mass is 331 g/mol. The van der Waals surface area contributed by atoms with Gasteiger partial charge in [-0.05, 0) is 29.3 Å². The Morgan fingerprint density at radius 2 is 1.48 bits per heavy atom. The summed E-state index contributed by atoms with van der Waals surface area (Å²) in [5.74, 6) is 0.570. The lowest BCUT2D eigenvalue weighted by Gasteiger charge is -2.22. The molecule has 0 saturated carbocycles. The molecule has 3 aromatic carbocycles. The minimum atomic E-state index is -0.297. The minimum Gasteiger partial charge on any atom is -0.480 e. The summed E-state index contributed by atoms with van der Waals surface area (Å²) < 4.78 is 6.32. The topological polar surface area (TPSA) is 52.3 Å². The van der Waals surface area contributed by atoms with E-state index in [-0.39, 0.29) is 11.9 Å². The predicted octanol–water partition coefficient (Wildman–Crippen LogP) is 5.03. The molecule has 3 heteroatoms. The molecular weight excluding hydrogens is 310 g/mol. The normalized spacial score (nSPS) is 10.6. The number of ether oxygens (including phenoxy) is 1. The smallest absolute Gasteiger partial charge is 0.166 e. The Bertz CT molecular complexity index is 805. The van der Waals surface area contributed by atoms with Crippen molar-refractivity contribution in [3.05, 3.63) is 95.6 Å². The van der Waals surface area contributed by atoms with Crippen LogP contribution in [0.4, 0.5) is 5.69 Å². The molecule has 0 bridgehead atoms. The van der Waals surface area contributed by atoms with Gasteiger partial charge in [-0.2, -0.15) is 0 Å². The molecule has 0 spiro atoms. The van der Waals surface area contributed by atoms with Crippen molar-refractivity contribution >= 4 is 11.5 Å². The average molecular weight is 331 g/mol. The molecule has 0 atom stereocenters. The maximum absolute atomic E-state index is 12.3. The molecule has 3 rings (SSSR count). The maximum Gasteiger partial charge on any atom is 0.166 e. The zero-order valence-electron chi connectivity index (χ0n) is 14.2. The van der Waals surface area contributed by atoms with E-state index in [1.54, 1.807) is 18.2 Å². The van der Waals surface area contributed by atoms with Crippen LogP contribution in [0.3, 0.4) is 0 Å². The molecule has 0 radical (unpaired) electrons.